The van der Waals surface area contributed by atoms with Gasteiger partial charge in [-0.25, -0.2) is 0 Å². The summed E-state index contributed by atoms with van der Waals surface area (Å²) in [5.74, 6) is 0.749. The first-order valence-corrected chi connectivity index (χ1v) is 9.57. The van der Waals surface area contributed by atoms with Gasteiger partial charge in [0, 0.05) is 48.5 Å². The number of nitrogens with zero attached hydrogens (tertiary/aromatic N) is 2. The smallest absolute Gasteiger partial charge is 0.252 e. The van der Waals surface area contributed by atoms with Gasteiger partial charge >= 0.3 is 0 Å². The van der Waals surface area contributed by atoms with Crippen LogP contribution in [0.4, 0.5) is 0 Å². The van der Waals surface area contributed by atoms with Crippen LogP contribution in [-0.4, -0.2) is 27.6 Å². The van der Waals surface area contributed by atoms with Crippen LogP contribution in [0.25, 0.3) is 10.8 Å². The van der Waals surface area contributed by atoms with Crippen molar-refractivity contribution < 1.29 is 9.53 Å². The fourth-order valence-electron chi connectivity index (χ4n) is 3.70. The molecule has 0 aliphatic heterocycles. The molecule has 0 unspecified atom stereocenters. The number of rotatable bonds is 4. The van der Waals surface area contributed by atoms with Crippen molar-refractivity contribution in [1.82, 2.24) is 14.9 Å². The summed E-state index contributed by atoms with van der Waals surface area (Å²) >= 11 is 0. The Morgan fingerprint density at radius 1 is 1.14 bits per heavy atom. The summed E-state index contributed by atoms with van der Waals surface area (Å²) in [5, 5.41) is 5.22. The maximum atomic E-state index is 12.4. The summed E-state index contributed by atoms with van der Waals surface area (Å²) in [6.45, 7) is 0. The monoisotopic (exact) mass is 377 g/mol. The zero-order valence-electron chi connectivity index (χ0n) is 15.8. The Morgan fingerprint density at radius 3 is 2.75 bits per heavy atom. The van der Waals surface area contributed by atoms with Gasteiger partial charge in [-0.2, -0.15) is 0 Å². The minimum atomic E-state index is -0.137. The van der Waals surface area contributed by atoms with Crippen molar-refractivity contribution in [2.45, 2.75) is 37.8 Å². The van der Waals surface area contributed by atoms with Gasteiger partial charge < -0.3 is 14.6 Å². The topological polar surface area (TPSA) is 73.2 Å². The van der Waals surface area contributed by atoms with E-state index in [0.717, 1.165) is 42.2 Å². The molecule has 1 aliphatic carbocycles. The molecule has 0 saturated heterocycles. The number of carbonyl (C=O) groups is 1. The third-order valence-electron chi connectivity index (χ3n) is 5.29. The molecule has 0 bridgehead atoms. The average molecular weight is 377 g/mol. The van der Waals surface area contributed by atoms with Crippen molar-refractivity contribution in [3.63, 3.8) is 0 Å². The number of carbonyl (C=O) groups excluding carboxylic acids is 1. The number of benzene rings is 1. The maximum Gasteiger partial charge on any atom is 0.252 e. The third-order valence-corrected chi connectivity index (χ3v) is 5.29. The van der Waals surface area contributed by atoms with Crippen LogP contribution in [0.3, 0.4) is 0 Å². The number of hydrogen-bond acceptors (Lipinski definition) is 4. The van der Waals surface area contributed by atoms with E-state index < -0.39 is 0 Å². The first-order chi connectivity index (χ1) is 13.6. The Morgan fingerprint density at radius 2 is 1.96 bits per heavy atom. The molecular formula is C22H23N3O3. The quantitative estimate of drug-likeness (QED) is 0.758. The molecular weight excluding hydrogens is 354 g/mol. The van der Waals surface area contributed by atoms with Gasteiger partial charge in [0.15, 0.2) is 0 Å². The summed E-state index contributed by atoms with van der Waals surface area (Å²) in [6, 6.07) is 11.1. The summed E-state index contributed by atoms with van der Waals surface area (Å²) in [7, 11) is 1.64. The Labute approximate surface area is 163 Å². The highest BCUT2D eigenvalue weighted by Crippen LogP contribution is 2.29. The van der Waals surface area contributed by atoms with Crippen LogP contribution in [0.1, 0.15) is 36.0 Å². The molecule has 1 N–H and O–H groups in total. The second-order valence-electron chi connectivity index (χ2n) is 7.28. The lowest BCUT2D eigenvalue weighted by molar-refractivity contribution is 0.0894. The molecule has 4 rings (SSSR count). The largest absolute Gasteiger partial charge is 0.490 e. The van der Waals surface area contributed by atoms with Crippen LogP contribution in [-0.2, 0) is 7.05 Å². The molecule has 6 nitrogen and oxygen atoms in total. The second kappa shape index (κ2) is 7.84. The van der Waals surface area contributed by atoms with E-state index in [0.29, 0.717) is 5.56 Å². The summed E-state index contributed by atoms with van der Waals surface area (Å²) in [5.41, 5.74) is 0.378. The van der Waals surface area contributed by atoms with E-state index in [-0.39, 0.29) is 23.6 Å². The molecule has 2 heterocycles. The number of hydrogen-bond donors (Lipinski definition) is 1. The Kier molecular flexibility index (Phi) is 5.10. The van der Waals surface area contributed by atoms with Gasteiger partial charge in [0.25, 0.3) is 5.91 Å². The Balaban J connectivity index is 1.35. The summed E-state index contributed by atoms with van der Waals surface area (Å²) in [4.78, 5) is 28.1. The molecule has 1 aliphatic rings. The molecule has 6 heteroatoms. The highest BCUT2D eigenvalue weighted by molar-refractivity contribution is 5.94. The molecule has 144 valence electrons. The summed E-state index contributed by atoms with van der Waals surface area (Å²) < 4.78 is 7.67. The third kappa shape index (κ3) is 3.91. The van der Waals surface area contributed by atoms with E-state index in [4.69, 9.17) is 4.74 Å². The van der Waals surface area contributed by atoms with Crippen molar-refractivity contribution in [3.05, 3.63) is 70.9 Å². The number of pyridine rings is 2. The number of nitrogens with one attached hydrogen (secondary N) is 1. The molecule has 1 fully saturated rings. The second-order valence-corrected chi connectivity index (χ2v) is 7.28. The van der Waals surface area contributed by atoms with Gasteiger partial charge in [-0.05, 0) is 43.9 Å². The molecule has 0 radical (unpaired) electrons. The van der Waals surface area contributed by atoms with E-state index in [2.05, 4.69) is 10.3 Å². The minimum Gasteiger partial charge on any atom is -0.490 e. The van der Waals surface area contributed by atoms with Crippen LogP contribution in [0, 0.1) is 0 Å². The number of aromatic nitrogens is 2. The van der Waals surface area contributed by atoms with E-state index >= 15 is 0 Å². The highest BCUT2D eigenvalue weighted by atomic mass is 16.5. The zero-order valence-corrected chi connectivity index (χ0v) is 15.8. The van der Waals surface area contributed by atoms with Gasteiger partial charge in [0.1, 0.15) is 5.75 Å². The average Bonchev–Trinajstić information content (AvgIpc) is 2.72. The van der Waals surface area contributed by atoms with Crippen LogP contribution < -0.4 is 15.6 Å². The zero-order chi connectivity index (χ0) is 19.5. The first kappa shape index (κ1) is 18.2. The van der Waals surface area contributed by atoms with Crippen molar-refractivity contribution in [3.8, 4) is 5.75 Å². The molecule has 2 aromatic heterocycles. The van der Waals surface area contributed by atoms with Gasteiger partial charge in [0.2, 0.25) is 5.56 Å². The molecule has 1 amide bonds. The van der Waals surface area contributed by atoms with Crippen LogP contribution in [0.15, 0.2) is 59.8 Å². The number of aryl methyl sites for hydroxylation is 1. The van der Waals surface area contributed by atoms with E-state index in [1.807, 2.05) is 30.5 Å². The lowest BCUT2D eigenvalue weighted by Gasteiger charge is -2.30. The van der Waals surface area contributed by atoms with Crippen LogP contribution >= 0.6 is 0 Å². The molecule has 3 aromatic rings. The van der Waals surface area contributed by atoms with Gasteiger partial charge in [-0.3, -0.25) is 14.6 Å². The molecule has 0 spiro atoms. The fourth-order valence-corrected chi connectivity index (χ4v) is 3.70. The Bertz CT molecular complexity index is 1050. The fraction of sp³-hybridized carbons (Fsp3) is 0.318. The number of fused-ring (bicyclic) bond motifs is 1. The van der Waals surface area contributed by atoms with E-state index in [1.165, 1.54) is 10.6 Å². The molecule has 1 aromatic carbocycles. The molecule has 28 heavy (non-hydrogen) atoms. The minimum absolute atomic E-state index is 0.126. The van der Waals surface area contributed by atoms with E-state index in [1.54, 1.807) is 25.5 Å². The highest BCUT2D eigenvalue weighted by Gasteiger charge is 2.24. The van der Waals surface area contributed by atoms with Gasteiger partial charge in [-0.15, -0.1) is 0 Å². The molecule has 0 atom stereocenters. The van der Waals surface area contributed by atoms with Crippen LogP contribution in [0.5, 0.6) is 5.75 Å². The molecule has 1 saturated carbocycles. The van der Waals surface area contributed by atoms with Crippen molar-refractivity contribution in [2.24, 2.45) is 7.05 Å². The van der Waals surface area contributed by atoms with Crippen molar-refractivity contribution >= 4 is 16.7 Å². The van der Waals surface area contributed by atoms with E-state index in [9.17, 15) is 9.59 Å². The predicted molar refractivity (Wildman–Crippen MR) is 108 cm³/mol. The Hall–Kier alpha value is -3.15. The van der Waals surface area contributed by atoms with Crippen LogP contribution in [0.2, 0.25) is 0 Å². The number of amides is 1. The van der Waals surface area contributed by atoms with Gasteiger partial charge in [-0.1, -0.05) is 12.1 Å². The lowest BCUT2D eigenvalue weighted by atomic mass is 9.92. The maximum absolute atomic E-state index is 12.4. The lowest BCUT2D eigenvalue weighted by Crippen LogP contribution is -2.40. The normalized spacial score (nSPS) is 19.3. The first-order valence-electron chi connectivity index (χ1n) is 9.57. The number of ether oxygens (including phenoxy) is 1. The van der Waals surface area contributed by atoms with Gasteiger partial charge in [0.05, 0.1) is 11.7 Å². The summed E-state index contributed by atoms with van der Waals surface area (Å²) in [6.07, 6.45) is 8.85. The van der Waals surface area contributed by atoms with Crippen molar-refractivity contribution in [1.29, 1.82) is 0 Å². The SMILES string of the molecule is Cn1cc(C(=O)NC2CCC(Oc3cccc4cnccc34)CC2)ccc1=O. The standard InChI is InChI=1S/C22H23N3O3/c1-25-14-16(5-10-21(25)26)22(27)24-17-6-8-18(9-7-17)28-20-4-2-3-15-13-23-12-11-19(15)20/h2-5,10-14,17-18H,6-9H2,1H3,(H,24,27). The predicted octanol–water partition coefficient (Wildman–Crippen LogP) is 3.05. The van der Waals surface area contributed by atoms with Crippen molar-refractivity contribution in [2.75, 3.05) is 0 Å².